The minimum Gasteiger partial charge on any atom is -0.330 e. The summed E-state index contributed by atoms with van der Waals surface area (Å²) >= 11 is 0. The second kappa shape index (κ2) is 3.14. The fraction of sp³-hybridized carbons (Fsp3) is 0.333. The van der Waals surface area contributed by atoms with Crippen LogP contribution in [0.2, 0.25) is 0 Å². The van der Waals surface area contributed by atoms with Crippen LogP contribution in [-0.4, -0.2) is 11.4 Å². The van der Waals surface area contributed by atoms with Gasteiger partial charge in [-0.25, -0.2) is 0 Å². The van der Waals surface area contributed by atoms with Gasteiger partial charge in [0.15, 0.2) is 0 Å². The molecule has 1 fully saturated rings. The highest BCUT2D eigenvalue weighted by molar-refractivity contribution is 5.34. The van der Waals surface area contributed by atoms with Crippen LogP contribution in [0.25, 0.3) is 0 Å². The van der Waals surface area contributed by atoms with Crippen molar-refractivity contribution in [2.24, 2.45) is 11.1 Å². The van der Waals surface area contributed by atoms with Gasteiger partial charge in [-0.05, 0) is 25.0 Å². The average molecular weight is 188 g/mol. The van der Waals surface area contributed by atoms with E-state index in [2.05, 4.69) is 13.2 Å². The van der Waals surface area contributed by atoms with E-state index < -0.39 is 0 Å². The van der Waals surface area contributed by atoms with Gasteiger partial charge in [-0.1, -0.05) is 19.2 Å². The second-order valence-corrected chi connectivity index (χ2v) is 3.99. The molecule has 1 saturated carbocycles. The topological polar surface area (TPSA) is 29.3 Å². The van der Waals surface area contributed by atoms with Crippen LogP contribution in [0, 0.1) is 5.41 Å². The van der Waals surface area contributed by atoms with Crippen LogP contribution in [0.1, 0.15) is 12.8 Å². The Morgan fingerprint density at radius 2 is 2.21 bits per heavy atom. The van der Waals surface area contributed by atoms with Crippen molar-refractivity contribution in [3.05, 3.63) is 49.0 Å². The van der Waals surface area contributed by atoms with E-state index in [-0.39, 0.29) is 5.41 Å². The lowest BCUT2D eigenvalue weighted by Gasteiger charge is -2.30. The molecule has 1 aliphatic carbocycles. The van der Waals surface area contributed by atoms with Crippen LogP contribution < -0.4 is 5.73 Å². The zero-order valence-corrected chi connectivity index (χ0v) is 8.37. The predicted molar refractivity (Wildman–Crippen MR) is 59.1 cm³/mol. The summed E-state index contributed by atoms with van der Waals surface area (Å²) in [5.74, 6) is 0. The Morgan fingerprint density at radius 1 is 1.50 bits per heavy atom. The van der Waals surface area contributed by atoms with E-state index in [0.29, 0.717) is 6.54 Å². The largest absolute Gasteiger partial charge is 0.330 e. The summed E-state index contributed by atoms with van der Waals surface area (Å²) in [6.45, 7) is 8.80. The maximum Gasteiger partial charge on any atom is 0.0380 e. The highest BCUT2D eigenvalue weighted by Crippen LogP contribution is 2.52. The number of hydrogen-bond acceptors (Lipinski definition) is 2. The Bertz CT molecular complexity index is 332. The van der Waals surface area contributed by atoms with Gasteiger partial charge in [0, 0.05) is 29.6 Å². The van der Waals surface area contributed by atoms with Crippen molar-refractivity contribution in [3.63, 3.8) is 0 Å². The van der Waals surface area contributed by atoms with E-state index in [1.807, 2.05) is 29.3 Å². The lowest BCUT2D eigenvalue weighted by atomic mass is 10.0. The van der Waals surface area contributed by atoms with E-state index in [9.17, 15) is 0 Å². The second-order valence-electron chi connectivity index (χ2n) is 3.99. The summed E-state index contributed by atoms with van der Waals surface area (Å²) in [6, 6.07) is 0. The highest BCUT2D eigenvalue weighted by atomic mass is 15.1. The van der Waals surface area contributed by atoms with Gasteiger partial charge in [0.1, 0.15) is 0 Å². The van der Waals surface area contributed by atoms with Crippen LogP contribution in [0.15, 0.2) is 49.0 Å². The normalized spacial score (nSPS) is 22.6. The molecule has 14 heavy (non-hydrogen) atoms. The van der Waals surface area contributed by atoms with Crippen LogP contribution in [0.5, 0.6) is 0 Å². The molecule has 2 heteroatoms. The quantitative estimate of drug-likeness (QED) is 0.735. The first-order chi connectivity index (χ1) is 6.69. The standard InChI is InChI=1S/C12H16N2/c1-10-5-3-4-8-14(10)11(2)12(9-13)6-7-12/h3-5,8H,1-2,6-7,9,13H2. The molecule has 1 aliphatic heterocycles. The fourth-order valence-corrected chi connectivity index (χ4v) is 1.76. The molecule has 2 aliphatic rings. The van der Waals surface area contributed by atoms with E-state index in [1.165, 1.54) is 0 Å². The molecule has 0 aromatic carbocycles. The molecule has 0 unspecified atom stereocenters. The Balaban J connectivity index is 2.16. The molecule has 0 atom stereocenters. The number of allylic oxidation sites excluding steroid dienone is 3. The molecule has 0 spiro atoms. The van der Waals surface area contributed by atoms with Crippen LogP contribution in [0.3, 0.4) is 0 Å². The monoisotopic (exact) mass is 188 g/mol. The minimum atomic E-state index is 0.151. The molecular formula is C12H16N2. The number of nitrogens with two attached hydrogens (primary N) is 1. The van der Waals surface area contributed by atoms with Gasteiger partial charge in [-0.2, -0.15) is 0 Å². The summed E-state index contributed by atoms with van der Waals surface area (Å²) in [4.78, 5) is 2.04. The first kappa shape index (κ1) is 9.28. The SMILES string of the molecule is C=C1C=CC=CN1C(=C)C1(CN)CC1. The van der Waals surface area contributed by atoms with Crippen molar-refractivity contribution in [1.29, 1.82) is 0 Å². The van der Waals surface area contributed by atoms with Crippen LogP contribution in [-0.2, 0) is 0 Å². The van der Waals surface area contributed by atoms with E-state index in [4.69, 9.17) is 5.73 Å². The molecule has 0 aromatic rings. The predicted octanol–water partition coefficient (Wildman–Crippen LogP) is 2.14. The maximum absolute atomic E-state index is 5.76. The molecule has 1 heterocycles. The third-order valence-electron chi connectivity index (χ3n) is 3.09. The first-order valence-electron chi connectivity index (χ1n) is 4.92. The van der Waals surface area contributed by atoms with Crippen molar-refractivity contribution in [2.75, 3.05) is 6.54 Å². The Kier molecular flexibility index (Phi) is 2.08. The summed E-state index contributed by atoms with van der Waals surface area (Å²) in [5, 5.41) is 0. The van der Waals surface area contributed by atoms with Crippen molar-refractivity contribution in [1.82, 2.24) is 4.90 Å². The molecule has 2 rings (SSSR count). The van der Waals surface area contributed by atoms with Crippen molar-refractivity contribution in [3.8, 4) is 0 Å². The average Bonchev–Trinajstić information content (AvgIpc) is 2.98. The zero-order valence-electron chi connectivity index (χ0n) is 8.37. The van der Waals surface area contributed by atoms with Gasteiger partial charge in [0.05, 0.1) is 0 Å². The molecule has 0 saturated heterocycles. The molecule has 0 aromatic heterocycles. The van der Waals surface area contributed by atoms with Crippen LogP contribution >= 0.6 is 0 Å². The summed E-state index contributed by atoms with van der Waals surface area (Å²) in [7, 11) is 0. The molecule has 2 N–H and O–H groups in total. The number of rotatable bonds is 3. The molecule has 2 nitrogen and oxygen atoms in total. The molecule has 0 bridgehead atoms. The lowest BCUT2D eigenvalue weighted by molar-refractivity contribution is 0.455. The van der Waals surface area contributed by atoms with Crippen molar-refractivity contribution >= 4 is 0 Å². The van der Waals surface area contributed by atoms with Gasteiger partial charge in [0.25, 0.3) is 0 Å². The summed E-state index contributed by atoms with van der Waals surface area (Å²) < 4.78 is 0. The number of nitrogens with zero attached hydrogens (tertiary/aromatic N) is 1. The number of hydrogen-bond donors (Lipinski definition) is 1. The zero-order chi connectivity index (χ0) is 10.2. The molecular weight excluding hydrogens is 172 g/mol. The lowest BCUT2D eigenvalue weighted by Crippen LogP contribution is -2.27. The smallest absolute Gasteiger partial charge is 0.0380 e. The first-order valence-corrected chi connectivity index (χ1v) is 4.92. The fourth-order valence-electron chi connectivity index (χ4n) is 1.76. The van der Waals surface area contributed by atoms with E-state index in [0.717, 1.165) is 24.2 Å². The Morgan fingerprint density at radius 3 is 2.71 bits per heavy atom. The highest BCUT2D eigenvalue weighted by Gasteiger charge is 2.45. The van der Waals surface area contributed by atoms with Gasteiger partial charge in [-0.15, -0.1) is 0 Å². The van der Waals surface area contributed by atoms with E-state index >= 15 is 0 Å². The van der Waals surface area contributed by atoms with Crippen LogP contribution in [0.4, 0.5) is 0 Å². The Hall–Kier alpha value is -1.28. The van der Waals surface area contributed by atoms with E-state index in [1.54, 1.807) is 0 Å². The van der Waals surface area contributed by atoms with Crippen molar-refractivity contribution in [2.45, 2.75) is 12.8 Å². The van der Waals surface area contributed by atoms with Crippen molar-refractivity contribution < 1.29 is 0 Å². The molecule has 0 radical (unpaired) electrons. The maximum atomic E-state index is 5.76. The summed E-state index contributed by atoms with van der Waals surface area (Å²) in [6.07, 6.45) is 10.3. The third-order valence-corrected chi connectivity index (χ3v) is 3.09. The Labute approximate surface area is 85.1 Å². The third kappa shape index (κ3) is 1.32. The summed E-state index contributed by atoms with van der Waals surface area (Å²) in [5.41, 5.74) is 7.97. The van der Waals surface area contributed by atoms with Gasteiger partial charge in [0.2, 0.25) is 0 Å². The van der Waals surface area contributed by atoms with Gasteiger partial charge >= 0.3 is 0 Å². The molecule has 74 valence electrons. The molecule has 0 amide bonds. The van der Waals surface area contributed by atoms with Gasteiger partial charge < -0.3 is 10.6 Å². The minimum absolute atomic E-state index is 0.151. The van der Waals surface area contributed by atoms with Gasteiger partial charge in [-0.3, -0.25) is 0 Å².